The SMILES string of the molecule is O=C(O)CCCCCCOc1ccc(Nc2nc(NC3CCCCC3)c3cnn(C4CCCCO4)c3n2)cc1. The van der Waals surface area contributed by atoms with Crippen molar-refractivity contribution in [3.63, 3.8) is 0 Å². The van der Waals surface area contributed by atoms with Crippen molar-refractivity contribution in [3.8, 4) is 5.75 Å². The molecule has 2 fully saturated rings. The minimum Gasteiger partial charge on any atom is -0.494 e. The van der Waals surface area contributed by atoms with Crippen LogP contribution >= 0.6 is 0 Å². The maximum absolute atomic E-state index is 10.6. The Bertz CT molecular complexity index is 1200. The maximum atomic E-state index is 10.6. The number of nitrogens with zero attached hydrogens (tertiary/aromatic N) is 4. The van der Waals surface area contributed by atoms with Crippen LogP contribution in [0, 0.1) is 0 Å². The number of aromatic nitrogens is 4. The number of nitrogens with one attached hydrogen (secondary N) is 2. The number of carboxylic acid groups (broad SMARTS) is 1. The van der Waals surface area contributed by atoms with E-state index in [2.05, 4.69) is 15.7 Å². The molecular weight excluding hydrogens is 496 g/mol. The Morgan fingerprint density at radius 2 is 1.79 bits per heavy atom. The number of aliphatic carboxylic acids is 1. The van der Waals surface area contributed by atoms with Crippen molar-refractivity contribution in [1.29, 1.82) is 0 Å². The number of fused-ring (bicyclic) bond motifs is 1. The summed E-state index contributed by atoms with van der Waals surface area (Å²) < 4.78 is 13.8. The van der Waals surface area contributed by atoms with Gasteiger partial charge >= 0.3 is 5.97 Å². The van der Waals surface area contributed by atoms with Crippen LogP contribution < -0.4 is 15.4 Å². The smallest absolute Gasteiger partial charge is 0.303 e. The summed E-state index contributed by atoms with van der Waals surface area (Å²) in [5, 5.41) is 21.4. The Morgan fingerprint density at radius 1 is 1.00 bits per heavy atom. The second kappa shape index (κ2) is 13.6. The Hall–Kier alpha value is -3.40. The van der Waals surface area contributed by atoms with Gasteiger partial charge in [-0.1, -0.05) is 32.1 Å². The van der Waals surface area contributed by atoms with Crippen LogP contribution in [0.1, 0.15) is 89.7 Å². The number of carbonyl (C=O) groups is 1. The second-order valence-corrected chi connectivity index (χ2v) is 10.6. The molecule has 0 spiro atoms. The molecule has 39 heavy (non-hydrogen) atoms. The van der Waals surface area contributed by atoms with Gasteiger partial charge < -0.3 is 25.2 Å². The van der Waals surface area contributed by atoms with Crippen LogP contribution in [0.3, 0.4) is 0 Å². The molecule has 1 aliphatic heterocycles. The number of anilines is 3. The van der Waals surface area contributed by atoms with Crippen LogP contribution in [0.5, 0.6) is 5.75 Å². The molecule has 2 aromatic heterocycles. The Morgan fingerprint density at radius 3 is 2.56 bits per heavy atom. The van der Waals surface area contributed by atoms with Gasteiger partial charge in [-0.05, 0) is 69.2 Å². The summed E-state index contributed by atoms with van der Waals surface area (Å²) in [6.45, 7) is 1.36. The Kier molecular flexibility index (Phi) is 9.47. The Balaban J connectivity index is 1.25. The van der Waals surface area contributed by atoms with Crippen LogP contribution in [0.15, 0.2) is 30.5 Å². The highest BCUT2D eigenvalue weighted by molar-refractivity contribution is 5.88. The third-order valence-electron chi connectivity index (χ3n) is 7.49. The molecule has 0 radical (unpaired) electrons. The highest BCUT2D eigenvalue weighted by atomic mass is 16.5. The molecule has 3 aromatic rings. The first-order chi connectivity index (χ1) is 19.2. The van der Waals surface area contributed by atoms with Gasteiger partial charge in [0.15, 0.2) is 11.9 Å². The molecule has 1 atom stereocenters. The van der Waals surface area contributed by atoms with E-state index in [0.717, 1.165) is 92.7 Å². The summed E-state index contributed by atoms with van der Waals surface area (Å²) in [6.07, 6.45) is 14.7. The molecule has 1 saturated carbocycles. The van der Waals surface area contributed by atoms with Crippen molar-refractivity contribution >= 4 is 34.5 Å². The van der Waals surface area contributed by atoms with E-state index in [1.165, 1.54) is 19.3 Å². The maximum Gasteiger partial charge on any atom is 0.303 e. The first kappa shape index (κ1) is 27.2. The quantitative estimate of drug-likeness (QED) is 0.212. The van der Waals surface area contributed by atoms with Crippen LogP contribution in [0.25, 0.3) is 11.0 Å². The van der Waals surface area contributed by atoms with Crippen LogP contribution in [0.4, 0.5) is 17.5 Å². The normalized spacial score (nSPS) is 18.2. The van der Waals surface area contributed by atoms with Gasteiger partial charge in [0.05, 0.1) is 18.2 Å². The molecule has 3 heterocycles. The first-order valence-corrected chi connectivity index (χ1v) is 14.5. The monoisotopic (exact) mass is 536 g/mol. The van der Waals surface area contributed by atoms with Gasteiger partial charge in [-0.3, -0.25) is 4.79 Å². The van der Waals surface area contributed by atoms with Crippen LogP contribution in [-0.2, 0) is 9.53 Å². The van der Waals surface area contributed by atoms with Crippen molar-refractivity contribution in [2.75, 3.05) is 23.8 Å². The molecule has 0 amide bonds. The molecule has 1 aliphatic carbocycles. The molecule has 1 aromatic carbocycles. The van der Waals surface area contributed by atoms with Gasteiger partial charge in [0.2, 0.25) is 5.95 Å². The van der Waals surface area contributed by atoms with E-state index in [1.807, 2.05) is 35.1 Å². The zero-order chi connectivity index (χ0) is 26.9. The molecule has 0 bridgehead atoms. The van der Waals surface area contributed by atoms with E-state index in [1.54, 1.807) is 0 Å². The van der Waals surface area contributed by atoms with Crippen LogP contribution in [-0.4, -0.2) is 50.1 Å². The molecule has 1 unspecified atom stereocenters. The van der Waals surface area contributed by atoms with Gasteiger partial charge in [-0.25, -0.2) is 4.68 Å². The molecule has 5 rings (SSSR count). The van der Waals surface area contributed by atoms with E-state index < -0.39 is 5.97 Å². The lowest BCUT2D eigenvalue weighted by molar-refractivity contribution is -0.137. The number of ether oxygens (including phenoxy) is 2. The molecule has 210 valence electrons. The van der Waals surface area contributed by atoms with Gasteiger partial charge in [-0.15, -0.1) is 0 Å². The largest absolute Gasteiger partial charge is 0.494 e. The third kappa shape index (κ3) is 7.59. The predicted octanol–water partition coefficient (Wildman–Crippen LogP) is 6.43. The third-order valence-corrected chi connectivity index (χ3v) is 7.49. The summed E-state index contributed by atoms with van der Waals surface area (Å²) in [5.74, 6) is 1.41. The Labute approximate surface area is 229 Å². The molecule has 2 aliphatic rings. The number of rotatable bonds is 13. The van der Waals surface area contributed by atoms with E-state index in [4.69, 9.17) is 24.5 Å². The summed E-state index contributed by atoms with van der Waals surface area (Å²) >= 11 is 0. The van der Waals surface area contributed by atoms with E-state index in [9.17, 15) is 4.79 Å². The number of carboxylic acids is 1. The fraction of sp³-hybridized carbons (Fsp3) is 0.586. The lowest BCUT2D eigenvalue weighted by Gasteiger charge is -2.24. The summed E-state index contributed by atoms with van der Waals surface area (Å²) in [5.41, 5.74) is 1.65. The van der Waals surface area contributed by atoms with Crippen molar-refractivity contribution in [3.05, 3.63) is 30.5 Å². The lowest BCUT2D eigenvalue weighted by atomic mass is 9.95. The molecule has 10 heteroatoms. The molecule has 3 N–H and O–H groups in total. The lowest BCUT2D eigenvalue weighted by Crippen LogP contribution is -2.23. The predicted molar refractivity (Wildman–Crippen MR) is 151 cm³/mol. The minimum absolute atomic E-state index is 0.102. The van der Waals surface area contributed by atoms with E-state index >= 15 is 0 Å². The molecular formula is C29H40N6O4. The molecule has 10 nitrogen and oxygen atoms in total. The fourth-order valence-corrected chi connectivity index (χ4v) is 5.34. The van der Waals surface area contributed by atoms with Gasteiger partial charge in [0.25, 0.3) is 0 Å². The zero-order valence-electron chi connectivity index (χ0n) is 22.6. The first-order valence-electron chi connectivity index (χ1n) is 14.5. The van der Waals surface area contributed by atoms with Crippen molar-refractivity contribution < 1.29 is 19.4 Å². The number of benzene rings is 1. The average Bonchev–Trinajstić information content (AvgIpc) is 3.39. The highest BCUT2D eigenvalue weighted by Crippen LogP contribution is 2.31. The average molecular weight is 537 g/mol. The van der Waals surface area contributed by atoms with Crippen molar-refractivity contribution in [2.24, 2.45) is 0 Å². The van der Waals surface area contributed by atoms with Crippen molar-refractivity contribution in [1.82, 2.24) is 19.7 Å². The van der Waals surface area contributed by atoms with Crippen molar-refractivity contribution in [2.45, 2.75) is 95.7 Å². The van der Waals surface area contributed by atoms with Crippen LogP contribution in [0.2, 0.25) is 0 Å². The number of hydrogen-bond donors (Lipinski definition) is 3. The highest BCUT2D eigenvalue weighted by Gasteiger charge is 2.23. The van der Waals surface area contributed by atoms with Gasteiger partial charge in [0, 0.05) is 24.8 Å². The second-order valence-electron chi connectivity index (χ2n) is 10.6. The fourth-order valence-electron chi connectivity index (χ4n) is 5.34. The van der Waals surface area contributed by atoms with Gasteiger partial charge in [0.1, 0.15) is 11.6 Å². The zero-order valence-corrected chi connectivity index (χ0v) is 22.6. The summed E-state index contributed by atoms with van der Waals surface area (Å²) in [4.78, 5) is 20.3. The number of hydrogen-bond acceptors (Lipinski definition) is 8. The molecule has 1 saturated heterocycles. The van der Waals surface area contributed by atoms with E-state index in [0.29, 0.717) is 18.6 Å². The standard InChI is InChI=1S/C29H40N6O4/c36-26(37)13-6-1-2-8-18-38-23-16-14-22(15-17-23)32-29-33-27(31-21-10-4-3-5-11-21)24-20-30-35(28(24)34-29)25-12-7-9-19-39-25/h14-17,20-21,25H,1-13,18-19H2,(H,36,37)(H2,31,32,33,34). The summed E-state index contributed by atoms with van der Waals surface area (Å²) in [7, 11) is 0. The van der Waals surface area contributed by atoms with E-state index in [-0.39, 0.29) is 12.6 Å². The minimum atomic E-state index is -0.731. The number of unbranched alkanes of at least 4 members (excludes halogenated alkanes) is 3. The summed E-state index contributed by atoms with van der Waals surface area (Å²) in [6, 6.07) is 8.21. The van der Waals surface area contributed by atoms with Gasteiger partial charge in [-0.2, -0.15) is 15.1 Å². The topological polar surface area (TPSA) is 123 Å².